The minimum absolute atomic E-state index is 0.0327. The third kappa shape index (κ3) is 3.10. The summed E-state index contributed by atoms with van der Waals surface area (Å²) >= 11 is 6.19. The first-order valence-corrected chi connectivity index (χ1v) is 9.90. The summed E-state index contributed by atoms with van der Waals surface area (Å²) < 4.78 is 5.46. The van der Waals surface area contributed by atoms with E-state index < -0.39 is 23.5 Å². The molecule has 2 aromatic carbocycles. The Bertz CT molecular complexity index is 1350. The van der Waals surface area contributed by atoms with Crippen LogP contribution in [0.25, 0.3) is 11.0 Å². The minimum atomic E-state index is -0.940. The number of benzene rings is 2. The van der Waals surface area contributed by atoms with Crippen LogP contribution >= 0.6 is 11.6 Å². The van der Waals surface area contributed by atoms with Crippen LogP contribution in [-0.2, 0) is 4.79 Å². The van der Waals surface area contributed by atoms with Crippen molar-refractivity contribution in [2.75, 3.05) is 4.90 Å². The maximum Gasteiger partial charge on any atom is 0.296 e. The predicted octanol–water partition coefficient (Wildman–Crippen LogP) is 4.90. The lowest BCUT2D eigenvalue weighted by molar-refractivity contribution is -0.117. The number of H-pyrrole nitrogens is 1. The van der Waals surface area contributed by atoms with Gasteiger partial charge in [-0.25, -0.2) is 4.98 Å². The van der Waals surface area contributed by atoms with Crippen molar-refractivity contribution in [1.82, 2.24) is 9.97 Å². The quantitative estimate of drug-likeness (QED) is 0.446. The van der Waals surface area contributed by atoms with Crippen molar-refractivity contribution in [3.8, 4) is 0 Å². The number of furan rings is 1. The highest BCUT2D eigenvalue weighted by molar-refractivity contribution is 6.30. The van der Waals surface area contributed by atoms with Gasteiger partial charge in [-0.1, -0.05) is 35.9 Å². The average molecular weight is 434 g/mol. The van der Waals surface area contributed by atoms with Crippen LogP contribution in [0.2, 0.25) is 5.02 Å². The fourth-order valence-corrected chi connectivity index (χ4v) is 3.99. The van der Waals surface area contributed by atoms with Crippen LogP contribution in [0.3, 0.4) is 0 Å². The number of aromatic amines is 1. The lowest BCUT2D eigenvalue weighted by Crippen LogP contribution is -2.32. The van der Waals surface area contributed by atoms with E-state index in [2.05, 4.69) is 9.97 Å². The van der Waals surface area contributed by atoms with Gasteiger partial charge in [0.15, 0.2) is 11.5 Å². The number of imidazole rings is 1. The number of nitrogens with one attached hydrogen (secondary N) is 1. The molecule has 1 atom stereocenters. The Balaban J connectivity index is 1.69. The van der Waals surface area contributed by atoms with Crippen LogP contribution < -0.4 is 4.90 Å². The van der Waals surface area contributed by atoms with E-state index in [-0.39, 0.29) is 17.3 Å². The van der Waals surface area contributed by atoms with Gasteiger partial charge in [0.1, 0.15) is 5.76 Å². The summed E-state index contributed by atoms with van der Waals surface area (Å²) in [5, 5.41) is 11.2. The molecule has 0 radical (unpaired) electrons. The Morgan fingerprint density at radius 1 is 1.16 bits per heavy atom. The van der Waals surface area contributed by atoms with Gasteiger partial charge in [-0.05, 0) is 48.9 Å². The number of aromatic nitrogens is 2. The van der Waals surface area contributed by atoms with Crippen molar-refractivity contribution in [3.05, 3.63) is 94.1 Å². The lowest BCUT2D eigenvalue weighted by atomic mass is 9.95. The number of aryl methyl sites for hydroxylation is 1. The summed E-state index contributed by atoms with van der Waals surface area (Å²) in [6.45, 7) is 1.71. The van der Waals surface area contributed by atoms with E-state index >= 15 is 0 Å². The van der Waals surface area contributed by atoms with Crippen molar-refractivity contribution < 1.29 is 19.1 Å². The molecule has 0 saturated carbocycles. The highest BCUT2D eigenvalue weighted by atomic mass is 35.5. The summed E-state index contributed by atoms with van der Waals surface area (Å²) in [4.78, 5) is 35.3. The number of nitrogens with zero attached hydrogens (tertiary/aromatic N) is 2. The molecule has 1 amide bonds. The van der Waals surface area contributed by atoms with Gasteiger partial charge in [0.2, 0.25) is 11.7 Å². The van der Waals surface area contributed by atoms with E-state index in [4.69, 9.17) is 16.0 Å². The summed E-state index contributed by atoms with van der Waals surface area (Å²) in [6, 6.07) is 16.3. The van der Waals surface area contributed by atoms with Crippen LogP contribution in [0.4, 0.5) is 5.95 Å². The third-order valence-electron chi connectivity index (χ3n) is 5.19. The predicted molar refractivity (Wildman–Crippen MR) is 115 cm³/mol. The van der Waals surface area contributed by atoms with Crippen molar-refractivity contribution in [2.24, 2.45) is 0 Å². The van der Waals surface area contributed by atoms with Gasteiger partial charge in [-0.3, -0.25) is 14.5 Å². The van der Waals surface area contributed by atoms with Gasteiger partial charge in [0.25, 0.3) is 5.91 Å². The molecule has 2 N–H and O–H groups in total. The molecule has 31 heavy (non-hydrogen) atoms. The number of halogens is 1. The largest absolute Gasteiger partial charge is 0.503 e. The Kier molecular flexibility index (Phi) is 4.41. The fourth-order valence-electron chi connectivity index (χ4n) is 3.79. The maximum atomic E-state index is 13.3. The monoisotopic (exact) mass is 433 g/mol. The van der Waals surface area contributed by atoms with E-state index in [1.165, 1.54) is 11.0 Å². The molecule has 2 aromatic heterocycles. The van der Waals surface area contributed by atoms with Gasteiger partial charge >= 0.3 is 0 Å². The number of aliphatic hydroxyl groups is 1. The molecule has 154 valence electrons. The zero-order valence-corrected chi connectivity index (χ0v) is 17.1. The van der Waals surface area contributed by atoms with E-state index in [9.17, 15) is 14.7 Å². The molecule has 1 aliphatic rings. The number of hydrogen-bond acceptors (Lipinski definition) is 5. The summed E-state index contributed by atoms with van der Waals surface area (Å²) in [7, 11) is 0. The van der Waals surface area contributed by atoms with E-state index in [1.54, 1.807) is 43.3 Å². The van der Waals surface area contributed by atoms with E-state index in [0.717, 1.165) is 5.52 Å². The first-order chi connectivity index (χ1) is 14.9. The topological polar surface area (TPSA) is 99.4 Å². The molecule has 0 spiro atoms. The number of amides is 1. The number of rotatable bonds is 4. The second-order valence-electron chi connectivity index (χ2n) is 7.21. The number of aliphatic hydroxyl groups excluding tert-OH is 1. The number of carbonyl (C=O) groups is 2. The normalized spacial score (nSPS) is 16.5. The van der Waals surface area contributed by atoms with Crippen LogP contribution in [0, 0.1) is 6.92 Å². The van der Waals surface area contributed by atoms with Crippen LogP contribution in [0.5, 0.6) is 0 Å². The summed E-state index contributed by atoms with van der Waals surface area (Å²) in [5.74, 6) is -1.18. The molecule has 0 aliphatic carbocycles. The molecular formula is C23H16ClN3O4. The first kappa shape index (κ1) is 19.1. The van der Waals surface area contributed by atoms with Crippen LogP contribution in [-0.4, -0.2) is 26.8 Å². The number of ketones is 1. The SMILES string of the molecule is Cc1ccc(C(=O)C2=C(O)C(=O)N(c3nc4ccccc4[nH]3)C2c2cccc(Cl)c2)o1. The number of carbonyl (C=O) groups excluding carboxylic acids is 2. The fraction of sp³-hybridized carbons (Fsp3) is 0.0870. The second kappa shape index (κ2) is 7.14. The molecule has 1 aliphatic heterocycles. The molecule has 0 saturated heterocycles. The molecule has 8 heteroatoms. The molecule has 0 bridgehead atoms. The van der Waals surface area contributed by atoms with Crippen molar-refractivity contribution >= 4 is 40.3 Å². The van der Waals surface area contributed by atoms with Crippen molar-refractivity contribution in [1.29, 1.82) is 0 Å². The zero-order valence-electron chi connectivity index (χ0n) is 16.3. The van der Waals surface area contributed by atoms with Gasteiger partial charge in [0, 0.05) is 5.02 Å². The molecular weight excluding hydrogens is 418 g/mol. The summed E-state index contributed by atoms with van der Waals surface area (Å²) in [6.07, 6.45) is 0. The number of Topliss-reactive ketones (excluding diaryl/α,β-unsaturated/α-hetero) is 1. The maximum absolute atomic E-state index is 13.3. The Hall–Kier alpha value is -3.84. The van der Waals surface area contributed by atoms with E-state index in [1.807, 2.05) is 18.2 Å². The highest BCUT2D eigenvalue weighted by Crippen LogP contribution is 2.42. The Morgan fingerprint density at radius 3 is 2.68 bits per heavy atom. The number of hydrogen-bond donors (Lipinski definition) is 2. The standard InChI is InChI=1S/C23H16ClN3O4/c1-12-9-10-17(31-12)20(28)18-19(13-5-4-6-14(24)11-13)27(22(30)21(18)29)23-25-15-7-2-3-8-16(15)26-23/h2-11,19,29H,1H3,(H,25,26). The molecule has 5 rings (SSSR count). The van der Waals surface area contributed by atoms with Crippen molar-refractivity contribution in [3.63, 3.8) is 0 Å². The average Bonchev–Trinajstić information content (AvgIpc) is 3.44. The smallest absolute Gasteiger partial charge is 0.296 e. The van der Waals surface area contributed by atoms with Gasteiger partial charge in [0.05, 0.1) is 22.6 Å². The molecule has 1 unspecified atom stereocenters. The van der Waals surface area contributed by atoms with Gasteiger partial charge in [-0.2, -0.15) is 0 Å². The second-order valence-corrected chi connectivity index (χ2v) is 7.65. The van der Waals surface area contributed by atoms with Crippen molar-refractivity contribution in [2.45, 2.75) is 13.0 Å². The first-order valence-electron chi connectivity index (χ1n) is 9.52. The highest BCUT2D eigenvalue weighted by Gasteiger charge is 2.46. The zero-order chi connectivity index (χ0) is 21.7. The number of para-hydroxylation sites is 2. The molecule has 7 nitrogen and oxygen atoms in total. The number of anilines is 1. The van der Waals surface area contributed by atoms with Crippen LogP contribution in [0.15, 0.2) is 76.4 Å². The minimum Gasteiger partial charge on any atom is -0.503 e. The Labute approximate surface area is 181 Å². The number of fused-ring (bicyclic) bond motifs is 1. The summed E-state index contributed by atoms with van der Waals surface area (Å²) in [5.41, 5.74) is 1.83. The third-order valence-corrected chi connectivity index (χ3v) is 5.42. The molecule has 0 fully saturated rings. The Morgan fingerprint density at radius 2 is 1.97 bits per heavy atom. The molecule has 4 aromatic rings. The van der Waals surface area contributed by atoms with E-state index in [0.29, 0.717) is 21.9 Å². The van der Waals surface area contributed by atoms with Crippen LogP contribution in [0.1, 0.15) is 27.9 Å². The molecule has 3 heterocycles. The lowest BCUT2D eigenvalue weighted by Gasteiger charge is -2.24. The van der Waals surface area contributed by atoms with Gasteiger partial charge < -0.3 is 14.5 Å². The van der Waals surface area contributed by atoms with Gasteiger partial charge in [-0.15, -0.1) is 0 Å².